The molecule has 0 spiro atoms. The molecular weight excluding hydrogens is 372 g/mol. The van der Waals surface area contributed by atoms with Gasteiger partial charge in [0, 0.05) is 26.1 Å². The molecule has 0 aromatic heterocycles. The lowest BCUT2D eigenvalue weighted by Gasteiger charge is -2.26. The van der Waals surface area contributed by atoms with Crippen molar-refractivity contribution in [2.24, 2.45) is 0 Å². The molecule has 1 atom stereocenters. The van der Waals surface area contributed by atoms with E-state index in [0.29, 0.717) is 39.3 Å². The molecule has 0 saturated carbocycles. The van der Waals surface area contributed by atoms with E-state index in [-0.39, 0.29) is 17.2 Å². The molecule has 1 amide bonds. The largest absolute Gasteiger partial charge is 0.453 e. The van der Waals surface area contributed by atoms with Crippen LogP contribution in [0.3, 0.4) is 0 Å². The normalized spacial score (nSPS) is 16.5. The molecule has 1 aliphatic rings. The van der Waals surface area contributed by atoms with Gasteiger partial charge < -0.3 is 14.8 Å². The molecule has 2 rings (SSSR count). The zero-order valence-corrected chi connectivity index (χ0v) is 16.5. The second-order valence-corrected chi connectivity index (χ2v) is 8.13. The molecular formula is C18H26N2O6S. The summed E-state index contributed by atoms with van der Waals surface area (Å²) in [6.07, 6.45) is -0.323. The third kappa shape index (κ3) is 6.02. The number of likely N-dealkylation sites (N-methyl/N-ethyl adjacent to an activating group) is 1. The van der Waals surface area contributed by atoms with Crippen LogP contribution in [0.4, 0.5) is 0 Å². The first-order chi connectivity index (χ1) is 12.8. The van der Waals surface area contributed by atoms with Crippen LogP contribution in [-0.2, 0) is 35.5 Å². The van der Waals surface area contributed by atoms with Crippen molar-refractivity contribution < 1.29 is 27.5 Å². The predicted octanol–water partition coefficient (Wildman–Crippen LogP) is 0.708. The lowest BCUT2D eigenvalue weighted by molar-refractivity contribution is -0.154. The Morgan fingerprint density at radius 3 is 2.44 bits per heavy atom. The number of benzene rings is 1. The quantitative estimate of drug-likeness (QED) is 0.647. The molecule has 0 unspecified atom stereocenters. The highest BCUT2D eigenvalue weighted by Gasteiger charge is 2.26. The maximum absolute atomic E-state index is 12.6. The van der Waals surface area contributed by atoms with Crippen molar-refractivity contribution in [2.45, 2.75) is 37.7 Å². The van der Waals surface area contributed by atoms with E-state index in [1.54, 1.807) is 31.2 Å². The number of morpholine rings is 1. The van der Waals surface area contributed by atoms with Crippen LogP contribution >= 0.6 is 0 Å². The zero-order valence-electron chi connectivity index (χ0n) is 15.6. The van der Waals surface area contributed by atoms with E-state index < -0.39 is 22.1 Å². The first-order valence-electron chi connectivity index (χ1n) is 8.98. The average molecular weight is 398 g/mol. The minimum atomic E-state index is -3.52. The molecule has 0 radical (unpaired) electrons. The molecule has 0 bridgehead atoms. The van der Waals surface area contributed by atoms with Crippen molar-refractivity contribution in [1.82, 2.24) is 9.62 Å². The van der Waals surface area contributed by atoms with E-state index in [2.05, 4.69) is 5.32 Å². The number of ether oxygens (including phenoxy) is 2. The van der Waals surface area contributed by atoms with Gasteiger partial charge >= 0.3 is 5.97 Å². The predicted molar refractivity (Wildman–Crippen MR) is 98.6 cm³/mol. The van der Waals surface area contributed by atoms with E-state index in [0.717, 1.165) is 5.56 Å². The molecule has 27 heavy (non-hydrogen) atoms. The molecule has 1 heterocycles. The van der Waals surface area contributed by atoms with Crippen molar-refractivity contribution >= 4 is 21.9 Å². The van der Waals surface area contributed by atoms with Crippen LogP contribution in [0.15, 0.2) is 29.2 Å². The van der Waals surface area contributed by atoms with Gasteiger partial charge in [-0.2, -0.15) is 4.31 Å². The number of hydrogen-bond acceptors (Lipinski definition) is 6. The second kappa shape index (κ2) is 9.82. The highest BCUT2D eigenvalue weighted by atomic mass is 32.2. The molecule has 9 heteroatoms. The van der Waals surface area contributed by atoms with Crippen molar-refractivity contribution in [3.05, 3.63) is 29.8 Å². The number of rotatable bonds is 8. The average Bonchev–Trinajstić information content (AvgIpc) is 2.67. The Morgan fingerprint density at radius 1 is 1.22 bits per heavy atom. The van der Waals surface area contributed by atoms with Crippen LogP contribution in [0.5, 0.6) is 0 Å². The van der Waals surface area contributed by atoms with E-state index in [9.17, 15) is 18.0 Å². The topological polar surface area (TPSA) is 102 Å². The molecule has 1 fully saturated rings. The Kier molecular flexibility index (Phi) is 7.76. The minimum absolute atomic E-state index is 0.110. The number of nitrogens with one attached hydrogen (secondary N) is 1. The van der Waals surface area contributed by atoms with Gasteiger partial charge in [-0.1, -0.05) is 12.1 Å². The van der Waals surface area contributed by atoms with Gasteiger partial charge in [0.1, 0.15) is 0 Å². The lowest BCUT2D eigenvalue weighted by Crippen LogP contribution is -2.40. The molecule has 1 aliphatic heterocycles. The monoisotopic (exact) mass is 398 g/mol. The fraction of sp³-hybridized carbons (Fsp3) is 0.556. The van der Waals surface area contributed by atoms with Crippen LogP contribution in [0, 0.1) is 0 Å². The maximum Gasteiger partial charge on any atom is 0.306 e. The fourth-order valence-corrected chi connectivity index (χ4v) is 4.05. The number of amides is 1. The van der Waals surface area contributed by atoms with Gasteiger partial charge in [0.2, 0.25) is 10.0 Å². The Morgan fingerprint density at radius 2 is 1.85 bits per heavy atom. The second-order valence-electron chi connectivity index (χ2n) is 6.19. The third-order valence-electron chi connectivity index (χ3n) is 4.18. The Labute approximate surface area is 159 Å². The number of carbonyl (C=O) groups excluding carboxylic acids is 2. The Hall–Kier alpha value is -1.97. The van der Waals surface area contributed by atoms with Gasteiger partial charge in [-0.15, -0.1) is 0 Å². The van der Waals surface area contributed by atoms with Crippen LogP contribution in [0.1, 0.15) is 25.8 Å². The summed E-state index contributed by atoms with van der Waals surface area (Å²) in [6.45, 7) is 5.27. The van der Waals surface area contributed by atoms with E-state index >= 15 is 0 Å². The maximum atomic E-state index is 12.6. The molecule has 0 aliphatic carbocycles. The number of esters is 1. The van der Waals surface area contributed by atoms with Gasteiger partial charge in [0.25, 0.3) is 5.91 Å². The van der Waals surface area contributed by atoms with Crippen molar-refractivity contribution in [3.8, 4) is 0 Å². The Balaban J connectivity index is 1.88. The SMILES string of the molecule is CCNC(=O)[C@@H](C)OC(=O)CCc1ccc(S(=O)(=O)N2CCOCC2)cc1. The third-order valence-corrected chi connectivity index (χ3v) is 6.09. The zero-order chi connectivity index (χ0) is 19.9. The number of aryl methyl sites for hydroxylation is 1. The number of carbonyl (C=O) groups is 2. The van der Waals surface area contributed by atoms with E-state index in [4.69, 9.17) is 9.47 Å². The van der Waals surface area contributed by atoms with E-state index in [1.807, 2.05) is 0 Å². The number of hydrogen-bond donors (Lipinski definition) is 1. The van der Waals surface area contributed by atoms with Crippen LogP contribution in [0.2, 0.25) is 0 Å². The fourth-order valence-electron chi connectivity index (χ4n) is 2.64. The molecule has 150 valence electrons. The van der Waals surface area contributed by atoms with Gasteiger partial charge in [-0.05, 0) is 38.0 Å². The summed E-state index contributed by atoms with van der Waals surface area (Å²) in [5.74, 6) is -0.803. The summed E-state index contributed by atoms with van der Waals surface area (Å²) in [5.41, 5.74) is 0.818. The first kappa shape index (κ1) is 21.3. The van der Waals surface area contributed by atoms with Gasteiger partial charge in [-0.3, -0.25) is 9.59 Å². The minimum Gasteiger partial charge on any atom is -0.453 e. The highest BCUT2D eigenvalue weighted by molar-refractivity contribution is 7.89. The highest BCUT2D eigenvalue weighted by Crippen LogP contribution is 2.18. The van der Waals surface area contributed by atoms with Crippen LogP contribution in [0.25, 0.3) is 0 Å². The summed E-state index contributed by atoms with van der Waals surface area (Å²) in [6, 6.07) is 6.47. The molecule has 8 nitrogen and oxygen atoms in total. The molecule has 1 aromatic rings. The van der Waals surface area contributed by atoms with Crippen LogP contribution < -0.4 is 5.32 Å². The molecule has 1 aromatic carbocycles. The number of sulfonamides is 1. The molecule has 1 N–H and O–H groups in total. The van der Waals surface area contributed by atoms with Crippen LogP contribution in [-0.4, -0.2) is 63.6 Å². The summed E-state index contributed by atoms with van der Waals surface area (Å²) >= 11 is 0. The smallest absolute Gasteiger partial charge is 0.306 e. The summed E-state index contributed by atoms with van der Waals surface area (Å²) in [5, 5.41) is 2.59. The number of nitrogens with zero attached hydrogens (tertiary/aromatic N) is 1. The van der Waals surface area contributed by atoms with Crippen molar-refractivity contribution in [3.63, 3.8) is 0 Å². The van der Waals surface area contributed by atoms with Crippen molar-refractivity contribution in [1.29, 1.82) is 0 Å². The molecule has 1 saturated heterocycles. The summed E-state index contributed by atoms with van der Waals surface area (Å²) < 4.78 is 36.8. The Bertz CT molecular complexity index is 742. The van der Waals surface area contributed by atoms with Gasteiger partial charge in [0.05, 0.1) is 18.1 Å². The van der Waals surface area contributed by atoms with Crippen molar-refractivity contribution in [2.75, 3.05) is 32.8 Å². The summed E-state index contributed by atoms with van der Waals surface area (Å²) in [4.78, 5) is 23.6. The standard InChI is InChI=1S/C18H26N2O6S/c1-3-19-18(22)14(2)26-17(21)9-6-15-4-7-16(8-5-15)27(23,24)20-10-12-25-13-11-20/h4-5,7-8,14H,3,6,9-13H2,1-2H3,(H,19,22)/t14-/m1/s1. The lowest BCUT2D eigenvalue weighted by atomic mass is 10.1. The first-order valence-corrected chi connectivity index (χ1v) is 10.4. The summed E-state index contributed by atoms with van der Waals surface area (Å²) in [7, 11) is -3.52. The van der Waals surface area contributed by atoms with Gasteiger partial charge in [-0.25, -0.2) is 8.42 Å². The van der Waals surface area contributed by atoms with Gasteiger partial charge in [0.15, 0.2) is 6.10 Å². The van der Waals surface area contributed by atoms with E-state index in [1.165, 1.54) is 11.2 Å².